The first kappa shape index (κ1) is 19.4. The average Bonchev–Trinajstić information content (AvgIpc) is 3.50. The number of piperidine rings is 1. The van der Waals surface area contributed by atoms with Crippen LogP contribution in [0.1, 0.15) is 57.9 Å². The predicted octanol–water partition coefficient (Wildman–Crippen LogP) is 4.73. The lowest BCUT2D eigenvalue weighted by Crippen LogP contribution is -2.52. The molecule has 0 N–H and O–H groups in total. The third kappa shape index (κ3) is 4.68. The molecule has 0 radical (unpaired) electrons. The van der Waals surface area contributed by atoms with E-state index in [0.29, 0.717) is 23.7 Å². The standard InChI is InChI=1S/C21H29NO2.C2H6/c1-24-19-7-4-15(5-8-19)12-21-20-9-6-18(23)13-17(20)10-11-22(21)14-16-2-3-16;1-2/h4-5,7-8,16-17,20-21H,2-3,6,9-14H2,1H3;1-2H3. The highest BCUT2D eigenvalue weighted by Gasteiger charge is 2.42. The van der Waals surface area contributed by atoms with Crippen LogP contribution in [0.2, 0.25) is 0 Å². The van der Waals surface area contributed by atoms with Crippen molar-refractivity contribution in [2.24, 2.45) is 17.8 Å². The van der Waals surface area contributed by atoms with Gasteiger partial charge < -0.3 is 4.74 Å². The van der Waals surface area contributed by atoms with Gasteiger partial charge in [-0.25, -0.2) is 0 Å². The molecule has 144 valence electrons. The molecule has 1 saturated heterocycles. The Bertz CT molecular complexity index is 578. The van der Waals surface area contributed by atoms with Gasteiger partial charge in [-0.1, -0.05) is 26.0 Å². The van der Waals surface area contributed by atoms with Gasteiger partial charge in [-0.3, -0.25) is 9.69 Å². The van der Waals surface area contributed by atoms with Crippen molar-refractivity contribution in [2.45, 2.75) is 64.8 Å². The zero-order chi connectivity index (χ0) is 18.5. The number of ketones is 1. The lowest BCUT2D eigenvalue weighted by molar-refractivity contribution is -0.125. The second-order valence-electron chi connectivity index (χ2n) is 8.05. The number of hydrogen-bond acceptors (Lipinski definition) is 3. The van der Waals surface area contributed by atoms with Gasteiger partial charge in [-0.15, -0.1) is 0 Å². The molecule has 26 heavy (non-hydrogen) atoms. The van der Waals surface area contributed by atoms with Gasteiger partial charge in [0.2, 0.25) is 0 Å². The highest BCUT2D eigenvalue weighted by molar-refractivity contribution is 5.79. The number of hydrogen-bond donors (Lipinski definition) is 0. The van der Waals surface area contributed by atoms with E-state index in [1.165, 1.54) is 37.9 Å². The summed E-state index contributed by atoms with van der Waals surface area (Å²) in [6.45, 7) is 6.46. The van der Waals surface area contributed by atoms with Crippen LogP contribution in [-0.4, -0.2) is 36.9 Å². The van der Waals surface area contributed by atoms with Crippen LogP contribution in [0.15, 0.2) is 24.3 Å². The molecule has 0 spiro atoms. The van der Waals surface area contributed by atoms with Crippen molar-refractivity contribution in [3.63, 3.8) is 0 Å². The number of carbonyl (C=O) groups excluding carboxylic acids is 1. The summed E-state index contributed by atoms with van der Waals surface area (Å²) >= 11 is 0. The van der Waals surface area contributed by atoms with Gasteiger partial charge in [-0.2, -0.15) is 0 Å². The molecule has 3 heteroatoms. The summed E-state index contributed by atoms with van der Waals surface area (Å²) in [6, 6.07) is 9.19. The first-order valence-corrected chi connectivity index (χ1v) is 10.6. The topological polar surface area (TPSA) is 29.5 Å². The lowest BCUT2D eigenvalue weighted by atomic mass is 9.69. The summed E-state index contributed by atoms with van der Waals surface area (Å²) in [4.78, 5) is 14.7. The minimum absolute atomic E-state index is 0.495. The second-order valence-corrected chi connectivity index (χ2v) is 8.05. The Morgan fingerprint density at radius 3 is 2.46 bits per heavy atom. The maximum absolute atomic E-state index is 11.9. The number of nitrogens with zero attached hydrogens (tertiary/aromatic N) is 1. The van der Waals surface area contributed by atoms with Crippen LogP contribution in [0.4, 0.5) is 0 Å². The Balaban J connectivity index is 0.000000948. The largest absolute Gasteiger partial charge is 0.497 e. The molecule has 0 bridgehead atoms. The molecule has 3 aliphatic rings. The summed E-state index contributed by atoms with van der Waals surface area (Å²) in [5, 5.41) is 0. The summed E-state index contributed by atoms with van der Waals surface area (Å²) in [5.41, 5.74) is 1.40. The molecule has 3 atom stereocenters. The summed E-state index contributed by atoms with van der Waals surface area (Å²) < 4.78 is 5.29. The van der Waals surface area contributed by atoms with Crippen LogP contribution in [0.5, 0.6) is 5.75 Å². The third-order valence-electron chi connectivity index (χ3n) is 6.40. The average molecular weight is 358 g/mol. The SMILES string of the molecule is CC.COc1ccc(CC2C3CCC(=O)CC3CCN2CC2CC2)cc1. The fourth-order valence-electron chi connectivity index (χ4n) is 4.84. The normalized spacial score (nSPS) is 28.7. The Kier molecular flexibility index (Phi) is 6.74. The Hall–Kier alpha value is -1.35. The quantitative estimate of drug-likeness (QED) is 0.763. The molecule has 1 aliphatic heterocycles. The van der Waals surface area contributed by atoms with E-state index < -0.39 is 0 Å². The smallest absolute Gasteiger partial charge is 0.133 e. The first-order valence-electron chi connectivity index (χ1n) is 10.6. The van der Waals surface area contributed by atoms with E-state index in [0.717, 1.165) is 37.4 Å². The molecule has 1 heterocycles. The molecule has 3 fully saturated rings. The Morgan fingerprint density at radius 2 is 1.81 bits per heavy atom. The van der Waals surface area contributed by atoms with E-state index in [1.807, 2.05) is 13.8 Å². The zero-order valence-corrected chi connectivity index (χ0v) is 16.7. The van der Waals surface area contributed by atoms with E-state index in [1.54, 1.807) is 7.11 Å². The van der Waals surface area contributed by atoms with Gasteiger partial charge in [0.25, 0.3) is 0 Å². The molecule has 2 aliphatic carbocycles. The Labute approximate surface area is 159 Å². The van der Waals surface area contributed by atoms with Crippen molar-refractivity contribution < 1.29 is 9.53 Å². The third-order valence-corrected chi connectivity index (χ3v) is 6.40. The van der Waals surface area contributed by atoms with Crippen LogP contribution < -0.4 is 4.74 Å². The van der Waals surface area contributed by atoms with Crippen molar-refractivity contribution >= 4 is 5.78 Å². The summed E-state index contributed by atoms with van der Waals surface area (Å²) in [6.07, 6.45) is 7.91. The number of ether oxygens (including phenoxy) is 1. The molecule has 0 aromatic heterocycles. The molecule has 3 nitrogen and oxygen atoms in total. The molecule has 3 unspecified atom stereocenters. The molecular weight excluding hydrogens is 322 g/mol. The number of rotatable bonds is 5. The minimum atomic E-state index is 0.495. The highest BCUT2D eigenvalue weighted by Crippen LogP contribution is 2.41. The van der Waals surface area contributed by atoms with E-state index >= 15 is 0 Å². The molecule has 4 rings (SSSR count). The highest BCUT2D eigenvalue weighted by atomic mass is 16.5. The summed E-state index contributed by atoms with van der Waals surface area (Å²) in [5.74, 6) is 3.70. The monoisotopic (exact) mass is 357 g/mol. The summed E-state index contributed by atoms with van der Waals surface area (Å²) in [7, 11) is 1.72. The number of methoxy groups -OCH3 is 1. The number of benzene rings is 1. The van der Waals surface area contributed by atoms with E-state index in [9.17, 15) is 4.79 Å². The Morgan fingerprint density at radius 1 is 1.08 bits per heavy atom. The van der Waals surface area contributed by atoms with Gasteiger partial charge in [0.15, 0.2) is 0 Å². The number of fused-ring (bicyclic) bond motifs is 1. The fourth-order valence-corrected chi connectivity index (χ4v) is 4.84. The van der Waals surface area contributed by atoms with E-state index in [-0.39, 0.29) is 0 Å². The van der Waals surface area contributed by atoms with Crippen LogP contribution in [0.3, 0.4) is 0 Å². The van der Waals surface area contributed by atoms with Crippen LogP contribution >= 0.6 is 0 Å². The molecule has 1 aromatic rings. The van der Waals surface area contributed by atoms with Crippen LogP contribution in [0, 0.1) is 17.8 Å². The molecule has 1 aromatic carbocycles. The number of carbonyl (C=O) groups is 1. The second kappa shape index (κ2) is 9.03. The van der Waals surface area contributed by atoms with Crippen molar-refractivity contribution in [3.05, 3.63) is 29.8 Å². The van der Waals surface area contributed by atoms with Gasteiger partial charge in [-0.05, 0) is 74.1 Å². The van der Waals surface area contributed by atoms with Crippen LogP contribution in [-0.2, 0) is 11.2 Å². The molecule has 0 amide bonds. The van der Waals surface area contributed by atoms with Crippen molar-refractivity contribution in [3.8, 4) is 5.75 Å². The van der Waals surface area contributed by atoms with E-state index in [4.69, 9.17) is 4.74 Å². The van der Waals surface area contributed by atoms with Crippen molar-refractivity contribution in [1.29, 1.82) is 0 Å². The van der Waals surface area contributed by atoms with Crippen molar-refractivity contribution in [1.82, 2.24) is 4.90 Å². The molecular formula is C23H35NO2. The predicted molar refractivity (Wildman–Crippen MR) is 107 cm³/mol. The number of Topliss-reactive ketones (excluding diaryl/α,β-unsaturated/α-hetero) is 1. The van der Waals surface area contributed by atoms with Crippen molar-refractivity contribution in [2.75, 3.05) is 20.2 Å². The van der Waals surface area contributed by atoms with Gasteiger partial charge in [0, 0.05) is 25.4 Å². The zero-order valence-electron chi connectivity index (χ0n) is 16.7. The number of likely N-dealkylation sites (tertiary alicyclic amines) is 1. The maximum atomic E-state index is 11.9. The van der Waals surface area contributed by atoms with Gasteiger partial charge >= 0.3 is 0 Å². The minimum Gasteiger partial charge on any atom is -0.497 e. The van der Waals surface area contributed by atoms with Gasteiger partial charge in [0.1, 0.15) is 11.5 Å². The fraction of sp³-hybridized carbons (Fsp3) is 0.696. The first-order chi connectivity index (χ1) is 12.7. The maximum Gasteiger partial charge on any atom is 0.133 e. The van der Waals surface area contributed by atoms with Crippen LogP contribution in [0.25, 0.3) is 0 Å². The van der Waals surface area contributed by atoms with E-state index in [2.05, 4.69) is 29.2 Å². The molecule has 2 saturated carbocycles. The lowest BCUT2D eigenvalue weighted by Gasteiger charge is -2.48. The van der Waals surface area contributed by atoms with Gasteiger partial charge in [0.05, 0.1) is 7.11 Å².